The first kappa shape index (κ1) is 14.0. The van der Waals surface area contributed by atoms with Gasteiger partial charge in [0.1, 0.15) is 5.82 Å². The van der Waals surface area contributed by atoms with Crippen molar-refractivity contribution < 1.29 is 13.6 Å². The van der Waals surface area contributed by atoms with E-state index < -0.39 is 13.0 Å². The second kappa shape index (κ2) is 5.67. The monoisotopic (exact) mass is 271 g/mol. The number of aromatic nitrogens is 2. The van der Waals surface area contributed by atoms with Gasteiger partial charge in [-0.1, -0.05) is 0 Å². The normalized spacial score (nSPS) is 18.7. The lowest BCUT2D eigenvalue weighted by atomic mass is 9.95. The van der Waals surface area contributed by atoms with E-state index in [9.17, 15) is 13.6 Å². The maximum atomic E-state index is 12.6. The molecule has 0 saturated carbocycles. The first-order chi connectivity index (χ1) is 8.99. The van der Waals surface area contributed by atoms with Gasteiger partial charge in [-0.25, -0.2) is 13.8 Å². The van der Waals surface area contributed by atoms with Crippen molar-refractivity contribution in [1.82, 2.24) is 14.5 Å². The molecule has 19 heavy (non-hydrogen) atoms. The highest BCUT2D eigenvalue weighted by atomic mass is 19.3. The Morgan fingerprint density at radius 1 is 1.58 bits per heavy atom. The summed E-state index contributed by atoms with van der Waals surface area (Å²) in [6, 6.07) is -0.205. The van der Waals surface area contributed by atoms with Gasteiger partial charge < -0.3 is 9.47 Å². The van der Waals surface area contributed by atoms with Crippen molar-refractivity contribution >= 4 is 5.91 Å². The Hall–Kier alpha value is -1.46. The van der Waals surface area contributed by atoms with Crippen LogP contribution in [0.3, 0.4) is 0 Å². The number of carbonyl (C=O) groups excluding carboxylic acids is 1. The SMILES string of the molecule is CC(C)N(CC(F)F)C(=O)[C@@H]1CCn2ccnc2C1. The molecular weight excluding hydrogens is 252 g/mol. The predicted octanol–water partition coefficient (Wildman–Crippen LogP) is 1.95. The molecule has 2 rings (SSSR count). The molecule has 0 aliphatic carbocycles. The van der Waals surface area contributed by atoms with E-state index in [0.29, 0.717) is 12.8 Å². The Bertz CT molecular complexity index is 445. The van der Waals surface area contributed by atoms with Crippen molar-refractivity contribution in [3.63, 3.8) is 0 Å². The Labute approximate surface area is 111 Å². The van der Waals surface area contributed by atoms with Crippen LogP contribution in [0.5, 0.6) is 0 Å². The Kier molecular flexibility index (Phi) is 4.17. The van der Waals surface area contributed by atoms with Gasteiger partial charge in [-0.05, 0) is 20.3 Å². The van der Waals surface area contributed by atoms with Crippen molar-refractivity contribution in [2.45, 2.75) is 45.7 Å². The van der Waals surface area contributed by atoms with E-state index in [1.165, 1.54) is 4.90 Å². The Morgan fingerprint density at radius 3 is 2.95 bits per heavy atom. The number of aryl methyl sites for hydroxylation is 1. The van der Waals surface area contributed by atoms with Crippen LogP contribution in [0.4, 0.5) is 8.78 Å². The zero-order valence-electron chi connectivity index (χ0n) is 11.2. The molecule has 0 aromatic carbocycles. The summed E-state index contributed by atoms with van der Waals surface area (Å²) in [6.45, 7) is 3.78. The van der Waals surface area contributed by atoms with Gasteiger partial charge in [-0.3, -0.25) is 4.79 Å². The molecular formula is C13H19F2N3O. The predicted molar refractivity (Wildman–Crippen MR) is 66.9 cm³/mol. The zero-order valence-corrected chi connectivity index (χ0v) is 11.2. The molecule has 1 aliphatic rings. The van der Waals surface area contributed by atoms with E-state index in [0.717, 1.165) is 12.4 Å². The van der Waals surface area contributed by atoms with Crippen LogP contribution in [0.15, 0.2) is 12.4 Å². The first-order valence-corrected chi connectivity index (χ1v) is 6.57. The smallest absolute Gasteiger partial charge is 0.255 e. The average molecular weight is 271 g/mol. The van der Waals surface area contributed by atoms with Crippen molar-refractivity contribution in [2.75, 3.05) is 6.54 Å². The summed E-state index contributed by atoms with van der Waals surface area (Å²) in [7, 11) is 0. The highest BCUT2D eigenvalue weighted by molar-refractivity contribution is 5.79. The average Bonchev–Trinajstić information content (AvgIpc) is 2.81. The Morgan fingerprint density at radius 2 is 2.32 bits per heavy atom. The van der Waals surface area contributed by atoms with E-state index in [1.54, 1.807) is 20.0 Å². The maximum Gasteiger partial charge on any atom is 0.255 e. The summed E-state index contributed by atoms with van der Waals surface area (Å²) in [6.07, 6.45) is 2.33. The van der Waals surface area contributed by atoms with Gasteiger partial charge in [0.15, 0.2) is 0 Å². The van der Waals surface area contributed by atoms with Gasteiger partial charge in [0.2, 0.25) is 5.91 Å². The van der Waals surface area contributed by atoms with Crippen LogP contribution >= 0.6 is 0 Å². The van der Waals surface area contributed by atoms with Crippen LogP contribution < -0.4 is 0 Å². The molecule has 1 aliphatic heterocycles. The van der Waals surface area contributed by atoms with Crippen molar-refractivity contribution in [1.29, 1.82) is 0 Å². The maximum absolute atomic E-state index is 12.6. The van der Waals surface area contributed by atoms with Crippen LogP contribution in [0.25, 0.3) is 0 Å². The number of imidazole rings is 1. The molecule has 0 fully saturated rings. The minimum Gasteiger partial charge on any atom is -0.335 e. The molecule has 6 heteroatoms. The minimum absolute atomic E-state index is 0.176. The lowest BCUT2D eigenvalue weighted by Gasteiger charge is -2.32. The third kappa shape index (κ3) is 3.11. The van der Waals surface area contributed by atoms with Gasteiger partial charge in [0.05, 0.1) is 6.54 Å². The van der Waals surface area contributed by atoms with E-state index >= 15 is 0 Å². The molecule has 2 heterocycles. The van der Waals surface area contributed by atoms with Crippen LogP contribution in [-0.2, 0) is 17.8 Å². The van der Waals surface area contributed by atoms with Crippen molar-refractivity contribution in [2.24, 2.45) is 5.92 Å². The summed E-state index contributed by atoms with van der Waals surface area (Å²) in [4.78, 5) is 17.8. The second-order valence-corrected chi connectivity index (χ2v) is 5.20. The largest absolute Gasteiger partial charge is 0.335 e. The molecule has 1 amide bonds. The van der Waals surface area contributed by atoms with Gasteiger partial charge in [-0.15, -0.1) is 0 Å². The minimum atomic E-state index is -2.49. The van der Waals surface area contributed by atoms with Crippen LogP contribution in [-0.4, -0.2) is 39.4 Å². The fourth-order valence-electron chi connectivity index (χ4n) is 2.50. The topological polar surface area (TPSA) is 38.1 Å². The number of halogens is 2. The quantitative estimate of drug-likeness (QED) is 0.839. The van der Waals surface area contributed by atoms with Gasteiger partial charge in [0, 0.05) is 37.3 Å². The summed E-state index contributed by atoms with van der Waals surface area (Å²) in [5, 5.41) is 0. The highest BCUT2D eigenvalue weighted by Crippen LogP contribution is 2.22. The molecule has 1 aromatic rings. The number of fused-ring (bicyclic) bond motifs is 1. The molecule has 0 radical (unpaired) electrons. The summed E-state index contributed by atoms with van der Waals surface area (Å²) in [5.41, 5.74) is 0. The number of rotatable bonds is 4. The molecule has 1 aromatic heterocycles. The van der Waals surface area contributed by atoms with Crippen LogP contribution in [0, 0.1) is 5.92 Å². The fourth-order valence-corrected chi connectivity index (χ4v) is 2.50. The number of hydrogen-bond acceptors (Lipinski definition) is 2. The molecule has 0 spiro atoms. The third-order valence-electron chi connectivity index (χ3n) is 3.54. The van der Waals surface area contributed by atoms with Gasteiger partial charge in [-0.2, -0.15) is 0 Å². The van der Waals surface area contributed by atoms with E-state index in [4.69, 9.17) is 0 Å². The fraction of sp³-hybridized carbons (Fsp3) is 0.692. The molecule has 1 atom stereocenters. The molecule has 0 saturated heterocycles. The van der Waals surface area contributed by atoms with Gasteiger partial charge in [0.25, 0.3) is 6.43 Å². The van der Waals surface area contributed by atoms with Crippen LogP contribution in [0.1, 0.15) is 26.1 Å². The summed E-state index contributed by atoms with van der Waals surface area (Å²) >= 11 is 0. The summed E-state index contributed by atoms with van der Waals surface area (Å²) in [5.74, 6) is 0.464. The standard InChI is InChI=1S/C13H19F2N3O/c1-9(2)18(8-11(14)15)13(19)10-3-5-17-6-4-16-12(17)7-10/h4,6,9-11H,3,5,7-8H2,1-2H3/t10-/m1/s1. The third-order valence-corrected chi connectivity index (χ3v) is 3.54. The van der Waals surface area contributed by atoms with Gasteiger partial charge >= 0.3 is 0 Å². The number of carbonyl (C=O) groups is 1. The number of hydrogen-bond donors (Lipinski definition) is 0. The van der Waals surface area contributed by atoms with Crippen LogP contribution in [0.2, 0.25) is 0 Å². The highest BCUT2D eigenvalue weighted by Gasteiger charge is 2.31. The molecule has 4 nitrogen and oxygen atoms in total. The Balaban J connectivity index is 2.06. The lowest BCUT2D eigenvalue weighted by Crippen LogP contribution is -2.45. The zero-order chi connectivity index (χ0) is 14.0. The number of nitrogens with zero attached hydrogens (tertiary/aromatic N) is 3. The lowest BCUT2D eigenvalue weighted by molar-refractivity contribution is -0.140. The van der Waals surface area contributed by atoms with E-state index in [-0.39, 0.29) is 17.9 Å². The van der Waals surface area contributed by atoms with Crippen molar-refractivity contribution in [3.05, 3.63) is 18.2 Å². The molecule has 0 bridgehead atoms. The van der Waals surface area contributed by atoms with Crippen molar-refractivity contribution in [3.8, 4) is 0 Å². The first-order valence-electron chi connectivity index (χ1n) is 6.57. The second-order valence-electron chi connectivity index (χ2n) is 5.20. The molecule has 106 valence electrons. The summed E-state index contributed by atoms with van der Waals surface area (Å²) < 4.78 is 27.1. The van der Waals surface area contributed by atoms with E-state index in [2.05, 4.69) is 4.98 Å². The number of amides is 1. The number of alkyl halides is 2. The molecule has 0 unspecified atom stereocenters. The van der Waals surface area contributed by atoms with E-state index in [1.807, 2.05) is 10.8 Å². The molecule has 0 N–H and O–H groups in total.